The van der Waals surface area contributed by atoms with Crippen LogP contribution in [-0.4, -0.2) is 138 Å². The quantitative estimate of drug-likeness (QED) is 0.0787. The number of primary amides is 2. The van der Waals surface area contributed by atoms with E-state index in [0.717, 1.165) is 15.6 Å². The van der Waals surface area contributed by atoms with E-state index < -0.39 is 11.8 Å². The van der Waals surface area contributed by atoms with Crippen molar-refractivity contribution in [2.24, 2.45) is 11.5 Å². The molecule has 0 aromatic carbocycles. The number of aromatic nitrogens is 8. The highest BCUT2D eigenvalue weighted by Gasteiger charge is 2.39. The van der Waals surface area contributed by atoms with Crippen molar-refractivity contribution in [2.45, 2.75) is 37.0 Å². The fraction of sp³-hybridized carbons (Fsp3) is 0.304. The lowest BCUT2D eigenvalue weighted by molar-refractivity contribution is -0.128. The van der Waals surface area contributed by atoms with Crippen LogP contribution in [0.15, 0.2) is 91.4 Å². The molecule has 6 aromatic heterocycles. The highest BCUT2D eigenvalue weighted by Crippen LogP contribution is 2.34. The Morgan fingerprint density at radius 1 is 0.776 bits per heavy atom. The number of nitrogens with two attached hydrogens (primary N) is 2. The summed E-state index contributed by atoms with van der Waals surface area (Å²) in [6, 6.07) is 11.1. The molecular formula is C46H51BrN14O6. The van der Waals surface area contributed by atoms with Crippen LogP contribution < -0.4 is 22.1 Å². The molecule has 0 unspecified atom stereocenters. The fourth-order valence-corrected chi connectivity index (χ4v) is 8.68. The molecule has 348 valence electrons. The molecule has 0 aliphatic carbocycles. The van der Waals surface area contributed by atoms with Crippen molar-refractivity contribution in [3.05, 3.63) is 120 Å². The zero-order valence-corrected chi connectivity index (χ0v) is 39.0. The van der Waals surface area contributed by atoms with Gasteiger partial charge in [-0.15, -0.1) is 6.42 Å². The molecule has 0 bridgehead atoms. The van der Waals surface area contributed by atoms with Crippen LogP contribution in [0.25, 0.3) is 11.0 Å². The number of ether oxygens (including phenoxy) is 2. The standard InChI is InChI=1S/C23H25N7O3.C16H21N5O3.C7H5BrN2/c1-4-20(31)28-12-17(10-18(28)13-33-3)30-23(25-2)21(22(24)32)19(27-30)9-8-15-6-5-7-16-11-26-14-29(15)16;1-5-12-14(15(17)23)16(18-3)21(19-12)10-7-11(9-24-4)20(8-10)13(22)6-2;8-7-3-1-2-6-4-9-5-10(6)7/h4-7,11,14,17-18,25H,1,10,12-13H2,2-3H3,(H2,24,32);1,6,10-11,18H,2,7-9H2,3-4H3,(H2,17,23);1-5H/t17-,18+;10-,11+;/m00./s1. The highest BCUT2D eigenvalue weighted by atomic mass is 79.9. The molecule has 2 aliphatic rings. The third-order valence-corrected chi connectivity index (χ3v) is 11.8. The lowest BCUT2D eigenvalue weighted by atomic mass is 10.1. The third-order valence-electron chi connectivity index (χ3n) is 11.2. The van der Waals surface area contributed by atoms with Gasteiger partial charge in [0.25, 0.3) is 11.8 Å². The SMILES string of the molecule is Brc1cccc2cncn12.C#Cc1nn([C@H]2C[C@H](COC)N(C(=O)C=C)C2)c(NC)c1C(N)=O.C=CC(=O)N1C[C@@H](n2nc(C#Cc3cccc4cncn34)c(C(N)=O)c2NC)C[C@@H]1COC. The van der Waals surface area contributed by atoms with Crippen LogP contribution in [0.2, 0.25) is 0 Å². The van der Waals surface area contributed by atoms with E-state index in [1.165, 1.54) is 12.2 Å². The van der Waals surface area contributed by atoms with E-state index in [-0.39, 0.29) is 58.5 Å². The zero-order chi connectivity index (χ0) is 48.4. The van der Waals surface area contributed by atoms with Crippen LogP contribution in [-0.2, 0) is 19.1 Å². The number of amides is 4. The lowest BCUT2D eigenvalue weighted by Gasteiger charge is -2.22. The Morgan fingerprint density at radius 2 is 1.25 bits per heavy atom. The summed E-state index contributed by atoms with van der Waals surface area (Å²) < 4.78 is 18.7. The Bertz CT molecular complexity index is 2910. The van der Waals surface area contributed by atoms with Gasteiger partial charge in [0.1, 0.15) is 41.1 Å². The average Bonchev–Trinajstić information content (AvgIpc) is 4.19. The number of halogens is 1. The Balaban J connectivity index is 0.000000189. The second kappa shape index (κ2) is 22.0. The Labute approximate surface area is 395 Å². The van der Waals surface area contributed by atoms with Crippen molar-refractivity contribution in [1.82, 2.24) is 48.1 Å². The van der Waals surface area contributed by atoms with Crippen LogP contribution in [0.3, 0.4) is 0 Å². The van der Waals surface area contributed by atoms with E-state index in [2.05, 4.69) is 77.6 Å². The largest absolute Gasteiger partial charge is 0.383 e. The van der Waals surface area contributed by atoms with Crippen LogP contribution in [0.5, 0.6) is 0 Å². The number of nitrogens with zero attached hydrogens (tertiary/aromatic N) is 10. The molecule has 2 saturated heterocycles. The van der Waals surface area contributed by atoms with Gasteiger partial charge in [-0.05, 0) is 83.0 Å². The minimum Gasteiger partial charge on any atom is -0.383 e. The maximum atomic E-state index is 12.4. The number of carbonyl (C=O) groups excluding carboxylic acids is 4. The molecule has 4 atom stereocenters. The van der Waals surface area contributed by atoms with Crippen LogP contribution in [0.1, 0.15) is 62.7 Å². The number of fused-ring (bicyclic) bond motifs is 2. The molecule has 0 spiro atoms. The summed E-state index contributed by atoms with van der Waals surface area (Å²) >= 11 is 3.40. The number of likely N-dealkylation sites (tertiary alicyclic amines) is 2. The van der Waals surface area contributed by atoms with Crippen LogP contribution >= 0.6 is 15.9 Å². The number of terminal acetylenes is 1. The number of pyridine rings is 2. The van der Waals surface area contributed by atoms with Crippen molar-refractivity contribution in [1.29, 1.82) is 0 Å². The van der Waals surface area contributed by atoms with Gasteiger partial charge in [-0.2, -0.15) is 10.2 Å². The molecular weight excluding hydrogens is 925 g/mol. The molecule has 21 heteroatoms. The van der Waals surface area contributed by atoms with Gasteiger partial charge in [-0.1, -0.05) is 25.3 Å². The number of hydrogen-bond acceptors (Lipinski definition) is 12. The van der Waals surface area contributed by atoms with E-state index in [1.807, 2.05) is 51.4 Å². The Morgan fingerprint density at radius 3 is 1.72 bits per heavy atom. The predicted molar refractivity (Wildman–Crippen MR) is 255 cm³/mol. The Kier molecular flexibility index (Phi) is 16.0. The number of nitrogens with one attached hydrogen (secondary N) is 2. The second-order valence-electron chi connectivity index (χ2n) is 15.2. The molecule has 6 aromatic rings. The highest BCUT2D eigenvalue weighted by molar-refractivity contribution is 9.10. The minimum absolute atomic E-state index is 0.106. The molecule has 20 nitrogen and oxygen atoms in total. The van der Waals surface area contributed by atoms with Gasteiger partial charge in [0, 0.05) is 41.4 Å². The summed E-state index contributed by atoms with van der Waals surface area (Å²) in [5, 5.41) is 14.9. The van der Waals surface area contributed by atoms with Gasteiger partial charge < -0.3 is 41.4 Å². The summed E-state index contributed by atoms with van der Waals surface area (Å²) in [5.41, 5.74) is 14.7. The van der Waals surface area contributed by atoms with Crippen molar-refractivity contribution in [3.63, 3.8) is 0 Å². The summed E-state index contributed by atoms with van der Waals surface area (Å²) in [5.74, 6) is 7.72. The molecule has 6 N–H and O–H groups in total. The normalized spacial score (nSPS) is 17.3. The monoisotopic (exact) mass is 974 g/mol. The van der Waals surface area contributed by atoms with Gasteiger partial charge in [0.2, 0.25) is 11.8 Å². The number of rotatable bonds is 12. The third kappa shape index (κ3) is 10.4. The number of hydrogen-bond donors (Lipinski definition) is 4. The molecule has 67 heavy (non-hydrogen) atoms. The van der Waals surface area contributed by atoms with Gasteiger partial charge in [-0.3, -0.25) is 28.0 Å². The topological polar surface area (TPSA) is 240 Å². The van der Waals surface area contributed by atoms with Gasteiger partial charge >= 0.3 is 0 Å². The van der Waals surface area contributed by atoms with Gasteiger partial charge in [0.15, 0.2) is 5.69 Å². The number of carbonyl (C=O) groups is 4. The second-order valence-corrected chi connectivity index (χ2v) is 16.0. The maximum Gasteiger partial charge on any atom is 0.255 e. The first kappa shape index (κ1) is 48.7. The Hall–Kier alpha value is -7.72. The maximum absolute atomic E-state index is 12.4. The smallest absolute Gasteiger partial charge is 0.255 e. The minimum atomic E-state index is -0.649. The zero-order valence-electron chi connectivity index (χ0n) is 37.4. The first-order valence-corrected chi connectivity index (χ1v) is 21.6. The molecule has 2 fully saturated rings. The van der Waals surface area contributed by atoms with E-state index >= 15 is 0 Å². The van der Waals surface area contributed by atoms with Crippen LogP contribution in [0, 0.1) is 24.2 Å². The van der Waals surface area contributed by atoms with E-state index in [9.17, 15) is 19.2 Å². The number of anilines is 2. The predicted octanol–water partition coefficient (Wildman–Crippen LogP) is 3.12. The van der Waals surface area contributed by atoms with Gasteiger partial charge in [0.05, 0.1) is 71.1 Å². The summed E-state index contributed by atoms with van der Waals surface area (Å²) in [6.07, 6.45) is 16.2. The van der Waals surface area contributed by atoms with Crippen molar-refractivity contribution >= 4 is 62.2 Å². The first-order chi connectivity index (χ1) is 32.3. The molecule has 2 aliphatic heterocycles. The fourth-order valence-electron chi connectivity index (χ4n) is 8.23. The molecule has 0 saturated carbocycles. The summed E-state index contributed by atoms with van der Waals surface area (Å²) in [4.78, 5) is 60.0. The molecule has 8 heterocycles. The molecule has 4 amide bonds. The van der Waals surface area contributed by atoms with E-state index in [0.29, 0.717) is 56.5 Å². The van der Waals surface area contributed by atoms with Crippen molar-refractivity contribution in [3.8, 4) is 24.2 Å². The van der Waals surface area contributed by atoms with Crippen molar-refractivity contribution < 1.29 is 28.7 Å². The molecule has 8 rings (SSSR count). The van der Waals surface area contributed by atoms with E-state index in [4.69, 9.17) is 27.4 Å². The number of imidazole rings is 2. The number of methoxy groups -OCH3 is 2. The molecule has 0 radical (unpaired) electrons. The lowest BCUT2D eigenvalue weighted by Crippen LogP contribution is -2.37. The van der Waals surface area contributed by atoms with Crippen LogP contribution in [0.4, 0.5) is 11.6 Å². The average molecular weight is 976 g/mol. The van der Waals surface area contributed by atoms with Gasteiger partial charge in [-0.25, -0.2) is 19.3 Å². The summed E-state index contributed by atoms with van der Waals surface area (Å²) in [6.45, 7) is 8.72. The summed E-state index contributed by atoms with van der Waals surface area (Å²) in [7, 11) is 6.53. The first-order valence-electron chi connectivity index (χ1n) is 20.8. The van der Waals surface area contributed by atoms with E-state index in [1.54, 1.807) is 66.3 Å². The van der Waals surface area contributed by atoms with Crippen molar-refractivity contribution in [2.75, 3.05) is 65.3 Å².